The molecule has 1 heterocycles. The largest absolute Gasteiger partial charge is 0.390 e. The standard InChI is InChI=1S/C22H23F2N3O/c1-22(28)10-8-18(9-11-22)26-21-25-13-17-7-6-16(12-19(17)27-21)14-2-4-15(5-3-14)20(23)24/h2-7,12-13,18,20,28H,8-11H2,1H3,(H,25,26,27). The number of hydrogen-bond acceptors (Lipinski definition) is 4. The number of benzene rings is 2. The predicted molar refractivity (Wildman–Crippen MR) is 106 cm³/mol. The summed E-state index contributed by atoms with van der Waals surface area (Å²) in [6.07, 6.45) is 2.60. The van der Waals surface area contributed by atoms with Crippen LogP contribution >= 0.6 is 0 Å². The third-order valence-corrected chi connectivity index (χ3v) is 5.47. The summed E-state index contributed by atoms with van der Waals surface area (Å²) in [7, 11) is 0. The first-order valence-electron chi connectivity index (χ1n) is 9.54. The Kier molecular flexibility index (Phi) is 4.98. The average Bonchev–Trinajstić information content (AvgIpc) is 2.69. The quantitative estimate of drug-likeness (QED) is 0.638. The number of hydrogen-bond donors (Lipinski definition) is 2. The third-order valence-electron chi connectivity index (χ3n) is 5.47. The predicted octanol–water partition coefficient (Wildman–Crippen LogP) is 5.34. The minimum Gasteiger partial charge on any atom is -0.390 e. The minimum absolute atomic E-state index is 0.0183. The van der Waals surface area contributed by atoms with Crippen molar-refractivity contribution in [1.29, 1.82) is 0 Å². The van der Waals surface area contributed by atoms with Crippen molar-refractivity contribution in [3.8, 4) is 11.1 Å². The van der Waals surface area contributed by atoms with Gasteiger partial charge in [-0.3, -0.25) is 0 Å². The second-order valence-electron chi connectivity index (χ2n) is 7.81. The molecule has 1 aliphatic carbocycles. The first-order valence-corrected chi connectivity index (χ1v) is 9.54. The molecule has 4 rings (SSSR count). The second-order valence-corrected chi connectivity index (χ2v) is 7.81. The molecular formula is C22H23F2N3O. The van der Waals surface area contributed by atoms with Crippen molar-refractivity contribution in [1.82, 2.24) is 9.97 Å². The van der Waals surface area contributed by atoms with Crippen LogP contribution in [-0.4, -0.2) is 26.7 Å². The fraction of sp³-hybridized carbons (Fsp3) is 0.364. The maximum absolute atomic E-state index is 12.8. The highest BCUT2D eigenvalue weighted by atomic mass is 19.3. The van der Waals surface area contributed by atoms with Gasteiger partial charge in [-0.05, 0) is 49.8 Å². The zero-order chi connectivity index (χ0) is 19.7. The van der Waals surface area contributed by atoms with Crippen LogP contribution in [0, 0.1) is 0 Å². The molecule has 0 unspecified atom stereocenters. The van der Waals surface area contributed by atoms with Gasteiger partial charge in [0.15, 0.2) is 0 Å². The van der Waals surface area contributed by atoms with Crippen molar-refractivity contribution in [2.24, 2.45) is 0 Å². The van der Waals surface area contributed by atoms with Crippen LogP contribution in [0.3, 0.4) is 0 Å². The van der Waals surface area contributed by atoms with Crippen molar-refractivity contribution >= 4 is 16.9 Å². The van der Waals surface area contributed by atoms with Crippen molar-refractivity contribution in [2.45, 2.75) is 50.7 Å². The molecule has 2 N–H and O–H groups in total. The Hall–Kier alpha value is -2.60. The molecule has 1 aliphatic rings. The number of aromatic nitrogens is 2. The maximum atomic E-state index is 12.8. The van der Waals surface area contributed by atoms with E-state index < -0.39 is 12.0 Å². The smallest absolute Gasteiger partial charge is 0.263 e. The molecule has 0 saturated heterocycles. The zero-order valence-electron chi connectivity index (χ0n) is 15.7. The molecule has 2 aromatic carbocycles. The lowest BCUT2D eigenvalue weighted by Crippen LogP contribution is -2.36. The number of halogens is 2. The van der Waals surface area contributed by atoms with Crippen molar-refractivity contribution in [3.63, 3.8) is 0 Å². The summed E-state index contributed by atoms with van der Waals surface area (Å²) in [5.74, 6) is 0.573. The van der Waals surface area contributed by atoms with Crippen LogP contribution in [0.2, 0.25) is 0 Å². The van der Waals surface area contributed by atoms with Crippen LogP contribution in [0.5, 0.6) is 0 Å². The maximum Gasteiger partial charge on any atom is 0.263 e. The normalized spacial score (nSPS) is 22.5. The summed E-state index contributed by atoms with van der Waals surface area (Å²) >= 11 is 0. The summed E-state index contributed by atoms with van der Waals surface area (Å²) in [6, 6.07) is 12.4. The minimum atomic E-state index is -2.46. The Morgan fingerprint density at radius 1 is 1.07 bits per heavy atom. The highest BCUT2D eigenvalue weighted by Crippen LogP contribution is 2.30. The Labute approximate surface area is 162 Å². The molecule has 1 saturated carbocycles. The van der Waals surface area contributed by atoms with E-state index in [0.29, 0.717) is 5.95 Å². The molecular weight excluding hydrogens is 360 g/mol. The van der Waals surface area contributed by atoms with Gasteiger partial charge in [0.05, 0.1) is 11.1 Å². The number of nitrogens with zero attached hydrogens (tertiary/aromatic N) is 2. The number of alkyl halides is 2. The van der Waals surface area contributed by atoms with Gasteiger partial charge in [-0.1, -0.05) is 36.4 Å². The molecule has 0 spiro atoms. The molecule has 28 heavy (non-hydrogen) atoms. The molecule has 4 nitrogen and oxygen atoms in total. The van der Waals surface area contributed by atoms with E-state index in [2.05, 4.69) is 15.3 Å². The summed E-state index contributed by atoms with van der Waals surface area (Å²) in [5.41, 5.74) is 2.04. The van der Waals surface area contributed by atoms with Gasteiger partial charge in [-0.25, -0.2) is 18.7 Å². The van der Waals surface area contributed by atoms with Gasteiger partial charge in [0.1, 0.15) is 0 Å². The van der Waals surface area contributed by atoms with E-state index in [9.17, 15) is 13.9 Å². The van der Waals surface area contributed by atoms with E-state index in [1.54, 1.807) is 18.3 Å². The highest BCUT2D eigenvalue weighted by Gasteiger charge is 2.28. The summed E-state index contributed by atoms with van der Waals surface area (Å²) in [5, 5.41) is 14.4. The Bertz CT molecular complexity index is 963. The van der Waals surface area contributed by atoms with Crippen LogP contribution < -0.4 is 5.32 Å². The van der Waals surface area contributed by atoms with Gasteiger partial charge in [0, 0.05) is 23.2 Å². The molecule has 3 aromatic rings. The van der Waals surface area contributed by atoms with Gasteiger partial charge in [0.2, 0.25) is 5.95 Å². The van der Waals surface area contributed by atoms with Crippen LogP contribution in [0.4, 0.5) is 14.7 Å². The number of aliphatic hydroxyl groups is 1. The first-order chi connectivity index (χ1) is 13.4. The van der Waals surface area contributed by atoms with Crippen molar-refractivity contribution < 1.29 is 13.9 Å². The molecule has 0 bridgehead atoms. The van der Waals surface area contributed by atoms with E-state index in [-0.39, 0.29) is 11.6 Å². The number of anilines is 1. The first kappa shape index (κ1) is 18.7. The van der Waals surface area contributed by atoms with E-state index in [1.165, 1.54) is 12.1 Å². The molecule has 0 aliphatic heterocycles. The second kappa shape index (κ2) is 7.43. The third kappa shape index (κ3) is 4.12. The number of nitrogens with one attached hydrogen (secondary N) is 1. The van der Waals surface area contributed by atoms with Crippen molar-refractivity contribution in [2.75, 3.05) is 5.32 Å². The topological polar surface area (TPSA) is 58.0 Å². The van der Waals surface area contributed by atoms with Crippen LogP contribution in [0.25, 0.3) is 22.0 Å². The molecule has 6 heteroatoms. The lowest BCUT2D eigenvalue weighted by molar-refractivity contribution is 0.0196. The SMILES string of the molecule is CC1(O)CCC(Nc2ncc3ccc(-c4ccc(C(F)F)cc4)cc3n2)CC1. The number of fused-ring (bicyclic) bond motifs is 1. The van der Waals surface area contributed by atoms with E-state index in [4.69, 9.17) is 0 Å². The Morgan fingerprint density at radius 2 is 1.75 bits per heavy atom. The molecule has 0 radical (unpaired) electrons. The highest BCUT2D eigenvalue weighted by molar-refractivity contribution is 5.84. The molecule has 146 valence electrons. The zero-order valence-corrected chi connectivity index (χ0v) is 15.7. The van der Waals surface area contributed by atoms with Gasteiger partial charge in [-0.15, -0.1) is 0 Å². The van der Waals surface area contributed by atoms with Gasteiger partial charge < -0.3 is 10.4 Å². The molecule has 0 amide bonds. The Balaban J connectivity index is 1.55. The fourth-order valence-electron chi connectivity index (χ4n) is 3.66. The summed E-state index contributed by atoms with van der Waals surface area (Å²) in [6.45, 7) is 1.88. The summed E-state index contributed by atoms with van der Waals surface area (Å²) < 4.78 is 25.5. The van der Waals surface area contributed by atoms with Gasteiger partial charge >= 0.3 is 0 Å². The monoisotopic (exact) mass is 383 g/mol. The van der Waals surface area contributed by atoms with Gasteiger partial charge in [0.25, 0.3) is 6.43 Å². The van der Waals surface area contributed by atoms with Crippen LogP contribution in [-0.2, 0) is 0 Å². The molecule has 0 atom stereocenters. The average molecular weight is 383 g/mol. The lowest BCUT2D eigenvalue weighted by atomic mass is 9.84. The number of rotatable bonds is 4. The van der Waals surface area contributed by atoms with Crippen LogP contribution in [0.15, 0.2) is 48.7 Å². The van der Waals surface area contributed by atoms with Gasteiger partial charge in [-0.2, -0.15) is 0 Å². The van der Waals surface area contributed by atoms with E-state index in [0.717, 1.165) is 47.7 Å². The molecule has 1 fully saturated rings. The van der Waals surface area contributed by atoms with E-state index in [1.807, 2.05) is 25.1 Å². The molecule has 1 aromatic heterocycles. The summed E-state index contributed by atoms with van der Waals surface area (Å²) in [4.78, 5) is 9.04. The Morgan fingerprint density at radius 3 is 2.43 bits per heavy atom. The fourth-order valence-corrected chi connectivity index (χ4v) is 3.66. The van der Waals surface area contributed by atoms with Crippen molar-refractivity contribution in [3.05, 3.63) is 54.2 Å². The van der Waals surface area contributed by atoms with E-state index >= 15 is 0 Å². The lowest BCUT2D eigenvalue weighted by Gasteiger charge is -2.33. The van der Waals surface area contributed by atoms with Crippen LogP contribution in [0.1, 0.15) is 44.6 Å².